The highest BCUT2D eigenvalue weighted by Crippen LogP contribution is 2.37. The zero-order chi connectivity index (χ0) is 22.2. The van der Waals surface area contributed by atoms with Gasteiger partial charge in [0.05, 0.1) is 17.3 Å². The van der Waals surface area contributed by atoms with Crippen molar-refractivity contribution in [2.45, 2.75) is 13.8 Å². The zero-order valence-electron chi connectivity index (χ0n) is 17.3. The number of rotatable bonds is 5. The number of aryl methyl sites for hydroxylation is 2. The van der Waals surface area contributed by atoms with Gasteiger partial charge < -0.3 is 9.72 Å². The molecule has 0 aliphatic rings. The molecule has 0 saturated carbocycles. The van der Waals surface area contributed by atoms with Gasteiger partial charge in [0.1, 0.15) is 17.2 Å². The van der Waals surface area contributed by atoms with E-state index in [-0.39, 0.29) is 5.56 Å². The number of anilines is 1. The van der Waals surface area contributed by atoms with Gasteiger partial charge in [-0.15, -0.1) is 0 Å². The fourth-order valence-corrected chi connectivity index (χ4v) is 3.81. The summed E-state index contributed by atoms with van der Waals surface area (Å²) in [5.41, 5.74) is 4.22. The lowest BCUT2D eigenvalue weighted by Crippen LogP contribution is -2.11. The molecule has 4 rings (SSSR count). The molecule has 0 aliphatic heterocycles. The van der Waals surface area contributed by atoms with Gasteiger partial charge in [0.15, 0.2) is 0 Å². The SMILES string of the molecule is Cc1ccccc1Oc1ccc(NS(C)(=O)=O)cc1-c1ccc2[nH]c(=O)c(C)nc2c1. The van der Waals surface area contributed by atoms with Crippen molar-refractivity contribution in [1.82, 2.24) is 9.97 Å². The molecular weight excluding hydrogens is 414 g/mol. The number of H-pyrrole nitrogens is 1. The summed E-state index contributed by atoms with van der Waals surface area (Å²) in [5.74, 6) is 1.26. The lowest BCUT2D eigenvalue weighted by atomic mass is 10.0. The highest BCUT2D eigenvalue weighted by Gasteiger charge is 2.13. The average molecular weight is 436 g/mol. The molecule has 4 aromatic rings. The largest absolute Gasteiger partial charge is 0.456 e. The van der Waals surface area contributed by atoms with Crippen molar-refractivity contribution in [1.29, 1.82) is 0 Å². The van der Waals surface area contributed by atoms with E-state index in [1.807, 2.05) is 43.3 Å². The van der Waals surface area contributed by atoms with Gasteiger partial charge in [0.2, 0.25) is 10.0 Å². The Labute approximate surface area is 179 Å². The molecule has 0 radical (unpaired) electrons. The van der Waals surface area contributed by atoms with Crippen molar-refractivity contribution in [3.63, 3.8) is 0 Å². The van der Waals surface area contributed by atoms with E-state index in [1.54, 1.807) is 31.2 Å². The molecule has 0 aliphatic carbocycles. The molecule has 0 unspecified atom stereocenters. The van der Waals surface area contributed by atoms with Gasteiger partial charge in [-0.05, 0) is 61.4 Å². The quantitative estimate of drug-likeness (QED) is 0.485. The van der Waals surface area contributed by atoms with Crippen molar-refractivity contribution in [2.24, 2.45) is 0 Å². The molecule has 0 spiro atoms. The first-order chi connectivity index (χ1) is 14.7. The molecule has 0 amide bonds. The van der Waals surface area contributed by atoms with Crippen LogP contribution in [0.2, 0.25) is 0 Å². The maximum atomic E-state index is 11.9. The number of benzene rings is 3. The number of nitrogens with zero attached hydrogens (tertiary/aromatic N) is 1. The number of sulfonamides is 1. The molecular formula is C23H21N3O4S. The second kappa shape index (κ2) is 7.88. The molecule has 3 aromatic carbocycles. The van der Waals surface area contributed by atoms with Gasteiger partial charge >= 0.3 is 0 Å². The predicted octanol–water partition coefficient (Wildman–Crippen LogP) is 4.37. The first-order valence-corrected chi connectivity index (χ1v) is 11.5. The van der Waals surface area contributed by atoms with Gasteiger partial charge in [0.25, 0.3) is 5.56 Å². The zero-order valence-corrected chi connectivity index (χ0v) is 18.1. The summed E-state index contributed by atoms with van der Waals surface area (Å²) in [5, 5.41) is 0. The third kappa shape index (κ3) is 4.59. The summed E-state index contributed by atoms with van der Waals surface area (Å²) in [6, 6.07) is 18.2. The Balaban J connectivity index is 1.87. The summed E-state index contributed by atoms with van der Waals surface area (Å²) >= 11 is 0. The third-order valence-corrected chi connectivity index (χ3v) is 5.38. The van der Waals surface area contributed by atoms with E-state index >= 15 is 0 Å². The van der Waals surface area contributed by atoms with Crippen LogP contribution in [0.3, 0.4) is 0 Å². The Hall–Kier alpha value is -3.65. The predicted molar refractivity (Wildman–Crippen MR) is 122 cm³/mol. The number of aromatic nitrogens is 2. The molecule has 1 aromatic heterocycles. The second-order valence-electron chi connectivity index (χ2n) is 7.34. The van der Waals surface area contributed by atoms with Crippen LogP contribution < -0.4 is 15.0 Å². The van der Waals surface area contributed by atoms with Gasteiger partial charge in [-0.1, -0.05) is 24.3 Å². The number of hydrogen-bond acceptors (Lipinski definition) is 5. The summed E-state index contributed by atoms with van der Waals surface area (Å²) in [4.78, 5) is 19.0. The van der Waals surface area contributed by atoms with Crippen molar-refractivity contribution >= 4 is 26.7 Å². The monoisotopic (exact) mass is 435 g/mol. The number of aromatic amines is 1. The fraction of sp³-hybridized carbons (Fsp3) is 0.130. The van der Waals surface area contributed by atoms with Crippen LogP contribution in [0.1, 0.15) is 11.3 Å². The molecule has 2 N–H and O–H groups in total. The van der Waals surface area contributed by atoms with E-state index in [9.17, 15) is 13.2 Å². The number of hydrogen-bond donors (Lipinski definition) is 2. The van der Waals surface area contributed by atoms with E-state index < -0.39 is 10.0 Å². The molecule has 0 fully saturated rings. The summed E-state index contributed by atoms with van der Waals surface area (Å²) in [6.07, 6.45) is 1.10. The van der Waals surface area contributed by atoms with Gasteiger partial charge in [-0.3, -0.25) is 9.52 Å². The highest BCUT2D eigenvalue weighted by molar-refractivity contribution is 7.92. The first kappa shape index (κ1) is 20.6. The molecule has 0 bridgehead atoms. The minimum Gasteiger partial charge on any atom is -0.456 e. The van der Waals surface area contributed by atoms with Gasteiger partial charge in [-0.2, -0.15) is 0 Å². The Morgan fingerprint density at radius 3 is 2.48 bits per heavy atom. The van der Waals surface area contributed by atoms with E-state index in [1.165, 1.54) is 0 Å². The molecule has 158 valence electrons. The number of para-hydroxylation sites is 1. The normalized spacial score (nSPS) is 11.5. The van der Waals surface area contributed by atoms with Crippen LogP contribution in [-0.2, 0) is 10.0 Å². The summed E-state index contributed by atoms with van der Waals surface area (Å²) in [6.45, 7) is 3.60. The van der Waals surface area contributed by atoms with E-state index in [2.05, 4.69) is 14.7 Å². The summed E-state index contributed by atoms with van der Waals surface area (Å²) in [7, 11) is -3.44. The van der Waals surface area contributed by atoms with Crippen molar-refractivity contribution in [3.8, 4) is 22.6 Å². The van der Waals surface area contributed by atoms with E-state index in [4.69, 9.17) is 4.74 Å². The minimum absolute atomic E-state index is 0.233. The molecule has 31 heavy (non-hydrogen) atoms. The minimum atomic E-state index is -3.44. The maximum absolute atomic E-state index is 11.9. The van der Waals surface area contributed by atoms with E-state index in [0.29, 0.717) is 39.5 Å². The maximum Gasteiger partial charge on any atom is 0.269 e. The number of fused-ring (bicyclic) bond motifs is 1. The average Bonchev–Trinajstić information content (AvgIpc) is 2.70. The Bertz CT molecular complexity index is 1460. The molecule has 1 heterocycles. The molecule has 8 heteroatoms. The second-order valence-corrected chi connectivity index (χ2v) is 9.08. The Morgan fingerprint density at radius 2 is 1.74 bits per heavy atom. The van der Waals surface area contributed by atoms with E-state index in [0.717, 1.165) is 17.4 Å². The standard InChI is InChI=1S/C23H21N3O4S/c1-14-6-4-5-7-21(14)30-22-11-9-17(26-31(3,28)29)13-18(22)16-8-10-19-20(12-16)24-15(2)23(27)25-19/h4-13,26H,1-3H3,(H,25,27). The topological polar surface area (TPSA) is 101 Å². The van der Waals surface area contributed by atoms with Crippen LogP contribution in [0.25, 0.3) is 22.2 Å². The van der Waals surface area contributed by atoms with Crippen LogP contribution in [0, 0.1) is 13.8 Å². The smallest absolute Gasteiger partial charge is 0.269 e. The molecule has 7 nitrogen and oxygen atoms in total. The fourth-order valence-electron chi connectivity index (χ4n) is 3.25. The first-order valence-electron chi connectivity index (χ1n) is 9.56. The van der Waals surface area contributed by atoms with Gasteiger partial charge in [-0.25, -0.2) is 13.4 Å². The van der Waals surface area contributed by atoms with Crippen LogP contribution >= 0.6 is 0 Å². The van der Waals surface area contributed by atoms with Crippen LogP contribution in [0.5, 0.6) is 11.5 Å². The molecule has 0 atom stereocenters. The van der Waals surface area contributed by atoms with Crippen LogP contribution in [-0.4, -0.2) is 24.6 Å². The van der Waals surface area contributed by atoms with Gasteiger partial charge in [0, 0.05) is 11.3 Å². The lowest BCUT2D eigenvalue weighted by molar-refractivity contribution is 0.481. The lowest BCUT2D eigenvalue weighted by Gasteiger charge is -2.15. The summed E-state index contributed by atoms with van der Waals surface area (Å²) < 4.78 is 32.1. The Morgan fingerprint density at radius 1 is 0.968 bits per heavy atom. The molecule has 0 saturated heterocycles. The third-order valence-electron chi connectivity index (χ3n) is 4.77. The van der Waals surface area contributed by atoms with Crippen molar-refractivity contribution in [3.05, 3.63) is 82.3 Å². The number of nitrogens with one attached hydrogen (secondary N) is 2. The Kier molecular flexibility index (Phi) is 5.24. The highest BCUT2D eigenvalue weighted by atomic mass is 32.2. The number of ether oxygens (including phenoxy) is 1. The van der Waals surface area contributed by atoms with Crippen molar-refractivity contribution < 1.29 is 13.2 Å². The van der Waals surface area contributed by atoms with Crippen molar-refractivity contribution in [2.75, 3.05) is 11.0 Å². The van der Waals surface area contributed by atoms with Crippen LogP contribution in [0.15, 0.2) is 65.5 Å². The van der Waals surface area contributed by atoms with Crippen LogP contribution in [0.4, 0.5) is 5.69 Å².